The van der Waals surface area contributed by atoms with E-state index in [1.54, 1.807) is 13.2 Å². The zero-order chi connectivity index (χ0) is 13.0. The number of rotatable bonds is 4. The number of hydrogen-bond acceptors (Lipinski definition) is 4. The van der Waals surface area contributed by atoms with Crippen molar-refractivity contribution in [2.45, 2.75) is 24.2 Å². The molecule has 0 radical (unpaired) electrons. The molecule has 100 valence electrons. The van der Waals surface area contributed by atoms with E-state index in [9.17, 15) is 4.21 Å². The number of piperidine rings is 1. The number of benzene rings is 1. The Labute approximate surface area is 111 Å². The molecular weight excluding hydrogens is 250 g/mol. The maximum absolute atomic E-state index is 12.0. The van der Waals surface area contributed by atoms with Crippen molar-refractivity contribution >= 4 is 16.8 Å². The molecule has 1 aromatic rings. The fourth-order valence-electron chi connectivity index (χ4n) is 2.24. The summed E-state index contributed by atoms with van der Waals surface area (Å²) in [6, 6.07) is 5.67. The van der Waals surface area contributed by atoms with Gasteiger partial charge in [0.1, 0.15) is 5.75 Å². The van der Waals surface area contributed by atoms with Crippen LogP contribution in [-0.2, 0) is 15.3 Å². The van der Waals surface area contributed by atoms with Gasteiger partial charge in [-0.1, -0.05) is 0 Å². The van der Waals surface area contributed by atoms with Gasteiger partial charge in [-0.05, 0) is 31.4 Å². The van der Waals surface area contributed by atoms with Crippen LogP contribution in [0.1, 0.15) is 19.3 Å². The highest BCUT2D eigenvalue weighted by atomic mass is 32.2. The Kier molecular flexibility index (Phi) is 4.60. The molecule has 1 atom stereocenters. The standard InChI is InChI=1S/C13H19NO3S/c1-16-11-6-7-12(13(10-11)18(15)17-2)14-8-4-3-5-9-14/h6-7,10H,3-5,8-9H2,1-2H3. The lowest BCUT2D eigenvalue weighted by Crippen LogP contribution is -2.30. The smallest absolute Gasteiger partial charge is 0.191 e. The van der Waals surface area contributed by atoms with Crippen molar-refractivity contribution in [2.75, 3.05) is 32.2 Å². The molecule has 2 rings (SSSR count). The molecule has 0 aliphatic carbocycles. The van der Waals surface area contributed by atoms with Crippen molar-refractivity contribution in [3.05, 3.63) is 18.2 Å². The van der Waals surface area contributed by atoms with Crippen LogP contribution in [0.15, 0.2) is 23.1 Å². The Balaban J connectivity index is 2.35. The van der Waals surface area contributed by atoms with Gasteiger partial charge in [0.15, 0.2) is 11.1 Å². The van der Waals surface area contributed by atoms with Crippen LogP contribution in [0.5, 0.6) is 5.75 Å². The van der Waals surface area contributed by atoms with E-state index in [0.717, 1.165) is 18.8 Å². The van der Waals surface area contributed by atoms with Crippen molar-refractivity contribution in [3.8, 4) is 5.75 Å². The van der Waals surface area contributed by atoms with E-state index in [0.29, 0.717) is 10.6 Å². The van der Waals surface area contributed by atoms with Crippen molar-refractivity contribution in [1.82, 2.24) is 0 Å². The van der Waals surface area contributed by atoms with Crippen molar-refractivity contribution < 1.29 is 13.1 Å². The maximum atomic E-state index is 12.0. The zero-order valence-electron chi connectivity index (χ0n) is 10.8. The molecule has 1 aliphatic rings. The van der Waals surface area contributed by atoms with Gasteiger partial charge in [0.25, 0.3) is 0 Å². The lowest BCUT2D eigenvalue weighted by Gasteiger charge is -2.30. The molecule has 1 fully saturated rings. The van der Waals surface area contributed by atoms with Crippen LogP contribution < -0.4 is 9.64 Å². The molecule has 0 amide bonds. The number of nitrogens with zero attached hydrogens (tertiary/aromatic N) is 1. The molecule has 18 heavy (non-hydrogen) atoms. The van der Waals surface area contributed by atoms with Gasteiger partial charge in [-0.2, -0.15) is 0 Å². The van der Waals surface area contributed by atoms with E-state index in [1.807, 2.05) is 12.1 Å². The Bertz CT molecular complexity index is 430. The molecule has 1 aliphatic heterocycles. The van der Waals surface area contributed by atoms with E-state index in [4.69, 9.17) is 8.92 Å². The molecule has 1 unspecified atom stereocenters. The first-order valence-corrected chi connectivity index (χ1v) is 7.23. The normalized spacial score (nSPS) is 17.6. The predicted molar refractivity (Wildman–Crippen MR) is 72.5 cm³/mol. The fraction of sp³-hybridized carbons (Fsp3) is 0.538. The Morgan fingerprint density at radius 3 is 2.50 bits per heavy atom. The first-order valence-electron chi connectivity index (χ1n) is 6.15. The summed E-state index contributed by atoms with van der Waals surface area (Å²) < 4.78 is 22.1. The number of ether oxygens (including phenoxy) is 1. The third kappa shape index (κ3) is 2.84. The molecule has 0 N–H and O–H groups in total. The summed E-state index contributed by atoms with van der Waals surface area (Å²) in [7, 11) is 3.06. The molecule has 0 spiro atoms. The quantitative estimate of drug-likeness (QED) is 0.841. The Hall–Kier alpha value is -1.07. The van der Waals surface area contributed by atoms with Gasteiger partial charge >= 0.3 is 0 Å². The van der Waals surface area contributed by atoms with Gasteiger partial charge in [0.2, 0.25) is 0 Å². The van der Waals surface area contributed by atoms with Gasteiger partial charge in [0, 0.05) is 19.2 Å². The van der Waals surface area contributed by atoms with Crippen molar-refractivity contribution in [1.29, 1.82) is 0 Å². The summed E-state index contributed by atoms with van der Waals surface area (Å²) >= 11 is -1.44. The second kappa shape index (κ2) is 6.20. The van der Waals surface area contributed by atoms with Gasteiger partial charge in [-0.15, -0.1) is 0 Å². The summed E-state index contributed by atoms with van der Waals surface area (Å²) in [5.41, 5.74) is 0.996. The topological polar surface area (TPSA) is 38.8 Å². The van der Waals surface area contributed by atoms with Crippen LogP contribution in [-0.4, -0.2) is 31.5 Å². The number of hydrogen-bond donors (Lipinski definition) is 0. The van der Waals surface area contributed by atoms with Gasteiger partial charge in [0.05, 0.1) is 24.8 Å². The second-order valence-electron chi connectivity index (χ2n) is 4.28. The molecule has 1 aromatic carbocycles. The van der Waals surface area contributed by atoms with E-state index in [1.165, 1.54) is 26.4 Å². The molecule has 0 aromatic heterocycles. The second-order valence-corrected chi connectivity index (χ2v) is 5.53. The van der Waals surface area contributed by atoms with Gasteiger partial charge < -0.3 is 9.64 Å². The molecule has 4 nitrogen and oxygen atoms in total. The van der Waals surface area contributed by atoms with Crippen LogP contribution in [0.3, 0.4) is 0 Å². The summed E-state index contributed by atoms with van der Waals surface area (Å²) in [5.74, 6) is 0.705. The SMILES string of the molecule is COc1ccc(N2CCCCC2)c(S(=O)OC)c1. The summed E-state index contributed by atoms with van der Waals surface area (Å²) in [6.07, 6.45) is 3.64. The highest BCUT2D eigenvalue weighted by Crippen LogP contribution is 2.30. The monoisotopic (exact) mass is 269 g/mol. The predicted octanol–water partition coefficient (Wildman–Crippen LogP) is 2.35. The molecule has 1 heterocycles. The average Bonchev–Trinajstić information content (AvgIpc) is 2.46. The zero-order valence-corrected chi connectivity index (χ0v) is 11.7. The average molecular weight is 269 g/mol. The third-order valence-corrected chi connectivity index (χ3v) is 4.18. The minimum Gasteiger partial charge on any atom is -0.497 e. The molecule has 0 bridgehead atoms. The van der Waals surface area contributed by atoms with Crippen LogP contribution in [0.4, 0.5) is 5.69 Å². The minimum absolute atomic E-state index is 0.693. The Morgan fingerprint density at radius 1 is 1.17 bits per heavy atom. The Morgan fingerprint density at radius 2 is 1.89 bits per heavy atom. The number of anilines is 1. The van der Waals surface area contributed by atoms with Crippen LogP contribution in [0, 0.1) is 0 Å². The molecule has 1 saturated heterocycles. The summed E-state index contributed by atoms with van der Waals surface area (Å²) in [6.45, 7) is 2.03. The van der Waals surface area contributed by atoms with Crippen LogP contribution in [0.2, 0.25) is 0 Å². The fourth-order valence-corrected chi connectivity index (χ4v) is 3.00. The number of methoxy groups -OCH3 is 1. The van der Waals surface area contributed by atoms with Crippen molar-refractivity contribution in [2.24, 2.45) is 0 Å². The van der Waals surface area contributed by atoms with Crippen LogP contribution >= 0.6 is 0 Å². The van der Waals surface area contributed by atoms with E-state index in [2.05, 4.69) is 4.90 Å². The molecule has 5 heteroatoms. The lowest BCUT2D eigenvalue weighted by molar-refractivity contribution is 0.412. The molecular formula is C13H19NO3S. The lowest BCUT2D eigenvalue weighted by atomic mass is 10.1. The minimum atomic E-state index is -1.44. The highest BCUT2D eigenvalue weighted by Gasteiger charge is 2.18. The highest BCUT2D eigenvalue weighted by molar-refractivity contribution is 7.80. The first-order chi connectivity index (χ1) is 8.76. The van der Waals surface area contributed by atoms with Gasteiger partial charge in [-0.3, -0.25) is 4.18 Å². The maximum Gasteiger partial charge on any atom is 0.191 e. The van der Waals surface area contributed by atoms with Gasteiger partial charge in [-0.25, -0.2) is 4.21 Å². The van der Waals surface area contributed by atoms with E-state index in [-0.39, 0.29) is 0 Å². The third-order valence-electron chi connectivity index (χ3n) is 3.19. The summed E-state index contributed by atoms with van der Waals surface area (Å²) in [5, 5.41) is 0. The van der Waals surface area contributed by atoms with E-state index >= 15 is 0 Å². The van der Waals surface area contributed by atoms with Crippen molar-refractivity contribution in [3.63, 3.8) is 0 Å². The van der Waals surface area contributed by atoms with E-state index < -0.39 is 11.1 Å². The summed E-state index contributed by atoms with van der Waals surface area (Å²) in [4.78, 5) is 2.97. The van der Waals surface area contributed by atoms with Crippen LogP contribution in [0.25, 0.3) is 0 Å². The molecule has 0 saturated carbocycles. The first kappa shape index (κ1) is 13.4. The largest absolute Gasteiger partial charge is 0.497 e.